The van der Waals surface area contributed by atoms with Crippen molar-refractivity contribution in [3.63, 3.8) is 0 Å². The molecule has 0 aliphatic carbocycles. The van der Waals surface area contributed by atoms with Crippen molar-refractivity contribution < 1.29 is 9.59 Å². The van der Waals surface area contributed by atoms with Crippen LogP contribution in [-0.2, 0) is 9.59 Å². The van der Waals surface area contributed by atoms with Crippen LogP contribution in [0.4, 0.5) is 0 Å². The first-order valence-corrected chi connectivity index (χ1v) is 6.57. The van der Waals surface area contributed by atoms with E-state index in [4.69, 9.17) is 0 Å². The van der Waals surface area contributed by atoms with Crippen molar-refractivity contribution in [2.75, 3.05) is 13.6 Å². The maximum Gasteiger partial charge on any atom is 0.237 e. The normalized spacial score (nSPS) is 22.4. The molecular weight excluding hydrogens is 216 g/mol. The summed E-state index contributed by atoms with van der Waals surface area (Å²) in [7, 11) is 1.96. The molecule has 1 rings (SSSR count). The second kappa shape index (κ2) is 6.74. The van der Waals surface area contributed by atoms with E-state index in [9.17, 15) is 9.59 Å². The molecular formula is C13H24N2O2. The lowest BCUT2D eigenvalue weighted by atomic mass is 10.1. The number of likely N-dealkylation sites (tertiary alicyclic amines) is 1. The molecule has 0 aromatic heterocycles. The fourth-order valence-electron chi connectivity index (χ4n) is 2.29. The van der Waals surface area contributed by atoms with Gasteiger partial charge in [-0.3, -0.25) is 14.5 Å². The van der Waals surface area contributed by atoms with Gasteiger partial charge in [-0.1, -0.05) is 19.8 Å². The van der Waals surface area contributed by atoms with Crippen LogP contribution in [0.15, 0.2) is 0 Å². The highest BCUT2D eigenvalue weighted by molar-refractivity contribution is 5.89. The number of rotatable bonds is 6. The molecule has 1 aliphatic heterocycles. The van der Waals surface area contributed by atoms with Crippen molar-refractivity contribution in [1.29, 1.82) is 0 Å². The molecule has 1 fully saturated rings. The number of hydrogen-bond acceptors (Lipinski definition) is 3. The Hall–Kier alpha value is -0.900. The van der Waals surface area contributed by atoms with E-state index < -0.39 is 0 Å². The molecule has 2 unspecified atom stereocenters. The molecule has 0 bridgehead atoms. The van der Waals surface area contributed by atoms with Gasteiger partial charge in [0, 0.05) is 0 Å². The van der Waals surface area contributed by atoms with Crippen molar-refractivity contribution in [2.24, 2.45) is 0 Å². The zero-order valence-electron chi connectivity index (χ0n) is 11.2. The van der Waals surface area contributed by atoms with Crippen LogP contribution in [0.25, 0.3) is 0 Å². The van der Waals surface area contributed by atoms with Crippen LogP contribution < -0.4 is 5.32 Å². The van der Waals surface area contributed by atoms with Crippen molar-refractivity contribution in [2.45, 2.75) is 58.0 Å². The maximum atomic E-state index is 12.0. The summed E-state index contributed by atoms with van der Waals surface area (Å²) in [5.74, 6) is 0.0775. The lowest BCUT2D eigenvalue weighted by Crippen LogP contribution is -2.48. The number of likely N-dealkylation sites (N-methyl/N-ethyl adjacent to an activating group) is 1. The quantitative estimate of drug-likeness (QED) is 0.762. The van der Waals surface area contributed by atoms with Gasteiger partial charge < -0.3 is 5.32 Å². The standard InChI is InChI=1S/C13H24N2O2/c1-4-5-7-11(10(2)16)14-13(17)12-8-6-9-15(12)3/h11-12H,4-9H2,1-3H3,(H,14,17). The molecule has 0 saturated carbocycles. The van der Waals surface area contributed by atoms with Gasteiger partial charge in [0.05, 0.1) is 12.1 Å². The van der Waals surface area contributed by atoms with E-state index in [1.807, 2.05) is 7.05 Å². The number of carbonyl (C=O) groups is 2. The molecule has 0 aromatic rings. The number of ketones is 1. The van der Waals surface area contributed by atoms with Crippen LogP contribution in [0, 0.1) is 0 Å². The Morgan fingerprint density at radius 1 is 1.47 bits per heavy atom. The zero-order chi connectivity index (χ0) is 12.8. The molecule has 0 radical (unpaired) electrons. The molecule has 4 heteroatoms. The van der Waals surface area contributed by atoms with Gasteiger partial charge in [-0.15, -0.1) is 0 Å². The second-order valence-corrected chi connectivity index (χ2v) is 4.95. The van der Waals surface area contributed by atoms with Crippen LogP contribution in [0.5, 0.6) is 0 Å². The van der Waals surface area contributed by atoms with Crippen molar-refractivity contribution in [3.8, 4) is 0 Å². The Bertz CT molecular complexity index is 279. The number of nitrogens with one attached hydrogen (secondary N) is 1. The smallest absolute Gasteiger partial charge is 0.237 e. The number of unbranched alkanes of at least 4 members (excludes halogenated alkanes) is 1. The zero-order valence-corrected chi connectivity index (χ0v) is 11.2. The molecule has 0 aromatic carbocycles. The first-order chi connectivity index (χ1) is 8.06. The lowest BCUT2D eigenvalue weighted by molar-refractivity contribution is -0.129. The first-order valence-electron chi connectivity index (χ1n) is 6.57. The highest BCUT2D eigenvalue weighted by Crippen LogP contribution is 2.15. The van der Waals surface area contributed by atoms with E-state index >= 15 is 0 Å². The fraction of sp³-hybridized carbons (Fsp3) is 0.846. The van der Waals surface area contributed by atoms with E-state index in [0.717, 1.165) is 38.6 Å². The third-order valence-electron chi connectivity index (χ3n) is 3.48. The van der Waals surface area contributed by atoms with Gasteiger partial charge in [-0.2, -0.15) is 0 Å². The Labute approximate surface area is 104 Å². The first kappa shape index (κ1) is 14.2. The largest absolute Gasteiger partial charge is 0.345 e. The van der Waals surface area contributed by atoms with Gasteiger partial charge in [-0.25, -0.2) is 0 Å². The van der Waals surface area contributed by atoms with Gasteiger partial charge in [0.15, 0.2) is 5.78 Å². The number of Topliss-reactive ketones (excluding diaryl/α,β-unsaturated/α-hetero) is 1. The lowest BCUT2D eigenvalue weighted by Gasteiger charge is -2.22. The van der Waals surface area contributed by atoms with Crippen molar-refractivity contribution >= 4 is 11.7 Å². The molecule has 0 spiro atoms. The molecule has 1 N–H and O–H groups in total. The van der Waals surface area contributed by atoms with Gasteiger partial charge >= 0.3 is 0 Å². The van der Waals surface area contributed by atoms with Crippen molar-refractivity contribution in [3.05, 3.63) is 0 Å². The molecule has 4 nitrogen and oxygen atoms in total. The number of amides is 1. The summed E-state index contributed by atoms with van der Waals surface area (Å²) < 4.78 is 0. The Morgan fingerprint density at radius 2 is 2.18 bits per heavy atom. The Balaban J connectivity index is 2.48. The molecule has 98 valence electrons. The minimum atomic E-state index is -0.295. The van der Waals surface area contributed by atoms with E-state index in [0.29, 0.717) is 0 Å². The minimum Gasteiger partial charge on any atom is -0.345 e. The van der Waals surface area contributed by atoms with E-state index in [2.05, 4.69) is 17.1 Å². The van der Waals surface area contributed by atoms with Crippen LogP contribution in [0.2, 0.25) is 0 Å². The van der Waals surface area contributed by atoms with E-state index in [1.165, 1.54) is 0 Å². The van der Waals surface area contributed by atoms with Crippen molar-refractivity contribution in [1.82, 2.24) is 10.2 Å². The number of hydrogen-bond donors (Lipinski definition) is 1. The summed E-state index contributed by atoms with van der Waals surface area (Å²) in [6.07, 6.45) is 4.75. The third-order valence-corrected chi connectivity index (χ3v) is 3.48. The monoisotopic (exact) mass is 240 g/mol. The fourth-order valence-corrected chi connectivity index (χ4v) is 2.29. The molecule has 2 atom stereocenters. The van der Waals surface area contributed by atoms with Gasteiger partial charge in [0.1, 0.15) is 0 Å². The summed E-state index contributed by atoms with van der Waals surface area (Å²) in [5, 5.41) is 2.89. The van der Waals surface area contributed by atoms with Crippen LogP contribution >= 0.6 is 0 Å². The predicted molar refractivity (Wildman–Crippen MR) is 67.8 cm³/mol. The molecule has 1 amide bonds. The number of nitrogens with zero attached hydrogens (tertiary/aromatic N) is 1. The molecule has 1 aliphatic rings. The number of carbonyl (C=O) groups excluding carboxylic acids is 2. The highest BCUT2D eigenvalue weighted by atomic mass is 16.2. The van der Waals surface area contributed by atoms with Gasteiger partial charge in [-0.05, 0) is 39.8 Å². The summed E-state index contributed by atoms with van der Waals surface area (Å²) in [5.41, 5.74) is 0. The van der Waals surface area contributed by atoms with Crippen LogP contribution in [0.1, 0.15) is 46.0 Å². The Kier molecular flexibility index (Phi) is 5.62. The predicted octanol–water partition coefficient (Wildman–Crippen LogP) is 1.34. The molecule has 1 saturated heterocycles. The SMILES string of the molecule is CCCCC(NC(=O)C1CCCN1C)C(C)=O. The van der Waals surface area contributed by atoms with Gasteiger partial charge in [0.25, 0.3) is 0 Å². The minimum absolute atomic E-state index is 0.0151. The van der Waals surface area contributed by atoms with Crippen LogP contribution in [0.3, 0.4) is 0 Å². The topological polar surface area (TPSA) is 49.4 Å². The van der Waals surface area contributed by atoms with Crippen LogP contribution in [-0.4, -0.2) is 42.3 Å². The molecule has 1 heterocycles. The summed E-state index contributed by atoms with van der Waals surface area (Å²) in [6.45, 7) is 4.61. The Morgan fingerprint density at radius 3 is 2.65 bits per heavy atom. The summed E-state index contributed by atoms with van der Waals surface area (Å²) in [4.78, 5) is 25.5. The van der Waals surface area contributed by atoms with E-state index in [1.54, 1.807) is 6.92 Å². The summed E-state index contributed by atoms with van der Waals surface area (Å²) in [6, 6.07) is -0.338. The molecule has 17 heavy (non-hydrogen) atoms. The van der Waals surface area contributed by atoms with Gasteiger partial charge in [0.2, 0.25) is 5.91 Å². The highest BCUT2D eigenvalue weighted by Gasteiger charge is 2.29. The second-order valence-electron chi connectivity index (χ2n) is 4.95. The van der Waals surface area contributed by atoms with E-state index in [-0.39, 0.29) is 23.8 Å². The average Bonchev–Trinajstić information content (AvgIpc) is 2.70. The average molecular weight is 240 g/mol. The summed E-state index contributed by atoms with van der Waals surface area (Å²) >= 11 is 0. The maximum absolute atomic E-state index is 12.0. The third kappa shape index (κ3) is 4.11.